The maximum Gasteiger partial charge on any atom is 0.221 e. The zero-order valence-electron chi connectivity index (χ0n) is 11.1. The highest BCUT2D eigenvalue weighted by molar-refractivity contribution is 5.76. The van der Waals surface area contributed by atoms with Gasteiger partial charge in [-0.3, -0.25) is 4.79 Å². The van der Waals surface area contributed by atoms with Crippen LogP contribution in [0.4, 0.5) is 4.39 Å². The van der Waals surface area contributed by atoms with Crippen LogP contribution in [0.25, 0.3) is 0 Å². The van der Waals surface area contributed by atoms with Gasteiger partial charge < -0.3 is 10.6 Å². The SMILES string of the molecule is O=C(CCNCc1ccccc1F)NC1CCCC1. The van der Waals surface area contributed by atoms with Gasteiger partial charge in [0.2, 0.25) is 5.91 Å². The maximum absolute atomic E-state index is 13.3. The zero-order chi connectivity index (χ0) is 13.5. The second-order valence-corrected chi connectivity index (χ2v) is 5.07. The smallest absolute Gasteiger partial charge is 0.221 e. The number of rotatable bonds is 6. The minimum atomic E-state index is -0.203. The number of carbonyl (C=O) groups excluding carboxylic acids is 1. The number of hydrogen-bond acceptors (Lipinski definition) is 2. The Labute approximate surface area is 113 Å². The van der Waals surface area contributed by atoms with Gasteiger partial charge in [-0.25, -0.2) is 4.39 Å². The van der Waals surface area contributed by atoms with E-state index < -0.39 is 0 Å². The molecule has 2 N–H and O–H groups in total. The van der Waals surface area contributed by atoms with E-state index in [1.54, 1.807) is 12.1 Å². The Kier molecular flexibility index (Phi) is 5.33. The number of halogens is 1. The lowest BCUT2D eigenvalue weighted by Crippen LogP contribution is -2.34. The summed E-state index contributed by atoms with van der Waals surface area (Å²) in [4.78, 5) is 11.7. The Morgan fingerprint density at radius 2 is 2.00 bits per heavy atom. The predicted octanol–water partition coefficient (Wildman–Crippen LogP) is 2.36. The van der Waals surface area contributed by atoms with Crippen molar-refractivity contribution in [3.05, 3.63) is 35.6 Å². The quantitative estimate of drug-likeness (QED) is 0.774. The van der Waals surface area contributed by atoms with Crippen LogP contribution in [0.3, 0.4) is 0 Å². The maximum atomic E-state index is 13.3. The molecule has 19 heavy (non-hydrogen) atoms. The summed E-state index contributed by atoms with van der Waals surface area (Å²) in [5.41, 5.74) is 0.638. The summed E-state index contributed by atoms with van der Waals surface area (Å²) < 4.78 is 13.3. The molecule has 1 amide bonds. The summed E-state index contributed by atoms with van der Waals surface area (Å²) in [5, 5.41) is 6.13. The number of nitrogens with one attached hydrogen (secondary N) is 2. The van der Waals surface area contributed by atoms with Gasteiger partial charge >= 0.3 is 0 Å². The first-order chi connectivity index (χ1) is 9.25. The summed E-state index contributed by atoms with van der Waals surface area (Å²) in [6, 6.07) is 7.06. The minimum Gasteiger partial charge on any atom is -0.353 e. The highest BCUT2D eigenvalue weighted by atomic mass is 19.1. The lowest BCUT2D eigenvalue weighted by Gasteiger charge is -2.12. The standard InChI is InChI=1S/C15H21FN2O/c16-14-8-4-1-5-12(14)11-17-10-9-15(19)18-13-6-2-3-7-13/h1,4-5,8,13,17H,2-3,6-7,9-11H2,(H,18,19). The van der Waals surface area contributed by atoms with E-state index in [-0.39, 0.29) is 11.7 Å². The third-order valence-corrected chi connectivity index (χ3v) is 3.52. The first-order valence-electron chi connectivity index (χ1n) is 6.99. The molecule has 1 aromatic rings. The monoisotopic (exact) mass is 264 g/mol. The number of benzene rings is 1. The van der Waals surface area contributed by atoms with E-state index in [1.807, 2.05) is 6.07 Å². The second kappa shape index (κ2) is 7.24. The molecular formula is C15H21FN2O. The van der Waals surface area contributed by atoms with Crippen molar-refractivity contribution in [3.8, 4) is 0 Å². The molecule has 3 nitrogen and oxygen atoms in total. The molecule has 0 aromatic heterocycles. The van der Waals surface area contributed by atoms with Crippen molar-refractivity contribution in [2.24, 2.45) is 0 Å². The Hall–Kier alpha value is -1.42. The number of carbonyl (C=O) groups is 1. The van der Waals surface area contributed by atoms with E-state index in [1.165, 1.54) is 18.9 Å². The van der Waals surface area contributed by atoms with Gasteiger partial charge in [-0.2, -0.15) is 0 Å². The third-order valence-electron chi connectivity index (χ3n) is 3.52. The molecule has 1 aromatic carbocycles. The fraction of sp³-hybridized carbons (Fsp3) is 0.533. The number of hydrogen-bond donors (Lipinski definition) is 2. The van der Waals surface area contributed by atoms with Gasteiger partial charge in [0, 0.05) is 31.1 Å². The van der Waals surface area contributed by atoms with Gasteiger partial charge in [0.15, 0.2) is 0 Å². The molecule has 1 aliphatic rings. The van der Waals surface area contributed by atoms with Crippen LogP contribution in [0.1, 0.15) is 37.7 Å². The minimum absolute atomic E-state index is 0.0907. The van der Waals surface area contributed by atoms with E-state index in [9.17, 15) is 9.18 Å². The highest BCUT2D eigenvalue weighted by Crippen LogP contribution is 2.17. The third kappa shape index (κ3) is 4.63. The van der Waals surface area contributed by atoms with Crippen LogP contribution in [0.15, 0.2) is 24.3 Å². The van der Waals surface area contributed by atoms with E-state index >= 15 is 0 Å². The topological polar surface area (TPSA) is 41.1 Å². The molecule has 104 valence electrons. The fourth-order valence-corrected chi connectivity index (χ4v) is 2.44. The van der Waals surface area contributed by atoms with E-state index in [2.05, 4.69) is 10.6 Å². The molecule has 0 saturated heterocycles. The van der Waals surface area contributed by atoms with Crippen molar-refractivity contribution >= 4 is 5.91 Å². The lowest BCUT2D eigenvalue weighted by atomic mass is 10.2. The van der Waals surface area contributed by atoms with Crippen molar-refractivity contribution in [3.63, 3.8) is 0 Å². The van der Waals surface area contributed by atoms with Crippen LogP contribution in [-0.2, 0) is 11.3 Å². The van der Waals surface area contributed by atoms with Gasteiger partial charge in [-0.1, -0.05) is 31.0 Å². The average Bonchev–Trinajstić information content (AvgIpc) is 2.89. The summed E-state index contributed by atoms with van der Waals surface area (Å²) >= 11 is 0. The first kappa shape index (κ1) is 14.0. The van der Waals surface area contributed by atoms with E-state index in [0.29, 0.717) is 31.1 Å². The van der Waals surface area contributed by atoms with Crippen molar-refractivity contribution in [1.29, 1.82) is 0 Å². The molecular weight excluding hydrogens is 243 g/mol. The summed E-state index contributed by atoms with van der Waals surface area (Å²) in [6.45, 7) is 1.04. The van der Waals surface area contributed by atoms with E-state index in [0.717, 1.165) is 12.8 Å². The molecule has 1 saturated carbocycles. The summed E-state index contributed by atoms with van der Waals surface area (Å²) in [6.07, 6.45) is 5.10. The van der Waals surface area contributed by atoms with Crippen molar-refractivity contribution in [2.45, 2.75) is 44.7 Å². The van der Waals surface area contributed by atoms with Crippen molar-refractivity contribution < 1.29 is 9.18 Å². The molecule has 0 spiro atoms. The van der Waals surface area contributed by atoms with Crippen molar-refractivity contribution in [2.75, 3.05) is 6.54 Å². The largest absolute Gasteiger partial charge is 0.353 e. The molecule has 0 atom stereocenters. The fourth-order valence-electron chi connectivity index (χ4n) is 2.44. The van der Waals surface area contributed by atoms with Crippen molar-refractivity contribution in [1.82, 2.24) is 10.6 Å². The van der Waals surface area contributed by atoms with Crippen LogP contribution in [0.2, 0.25) is 0 Å². The van der Waals surface area contributed by atoms with E-state index in [4.69, 9.17) is 0 Å². The number of amides is 1. The molecule has 0 radical (unpaired) electrons. The zero-order valence-corrected chi connectivity index (χ0v) is 11.1. The van der Waals surface area contributed by atoms with Gasteiger partial charge in [-0.05, 0) is 18.9 Å². The predicted molar refractivity (Wildman–Crippen MR) is 73.1 cm³/mol. The van der Waals surface area contributed by atoms with Gasteiger partial charge in [0.05, 0.1) is 0 Å². The molecule has 4 heteroatoms. The molecule has 0 bridgehead atoms. The van der Waals surface area contributed by atoms with Crippen LogP contribution >= 0.6 is 0 Å². The first-order valence-corrected chi connectivity index (χ1v) is 6.99. The summed E-state index contributed by atoms with van der Waals surface area (Å²) in [5.74, 6) is -0.113. The Balaban J connectivity index is 1.61. The van der Waals surface area contributed by atoms with Crippen LogP contribution in [0, 0.1) is 5.82 Å². The Bertz CT molecular complexity index is 416. The normalized spacial score (nSPS) is 15.6. The molecule has 1 aliphatic carbocycles. The van der Waals surface area contributed by atoms with Gasteiger partial charge in [-0.15, -0.1) is 0 Å². The van der Waals surface area contributed by atoms with Gasteiger partial charge in [0.1, 0.15) is 5.82 Å². The molecule has 0 heterocycles. The Morgan fingerprint density at radius 1 is 1.26 bits per heavy atom. The molecule has 0 aliphatic heterocycles. The highest BCUT2D eigenvalue weighted by Gasteiger charge is 2.16. The van der Waals surface area contributed by atoms with Crippen LogP contribution in [0.5, 0.6) is 0 Å². The molecule has 0 unspecified atom stereocenters. The summed E-state index contributed by atoms with van der Waals surface area (Å²) in [7, 11) is 0. The average molecular weight is 264 g/mol. The van der Waals surface area contributed by atoms with Crippen LogP contribution < -0.4 is 10.6 Å². The lowest BCUT2D eigenvalue weighted by molar-refractivity contribution is -0.121. The molecule has 2 rings (SSSR count). The van der Waals surface area contributed by atoms with Crippen LogP contribution in [-0.4, -0.2) is 18.5 Å². The second-order valence-electron chi connectivity index (χ2n) is 5.07. The molecule has 1 fully saturated rings. The Morgan fingerprint density at radius 3 is 2.74 bits per heavy atom. The van der Waals surface area contributed by atoms with Gasteiger partial charge in [0.25, 0.3) is 0 Å².